The molecule has 120 valence electrons. The summed E-state index contributed by atoms with van der Waals surface area (Å²) in [7, 11) is -3.89. The Kier molecular flexibility index (Phi) is 3.54. The maximum absolute atomic E-state index is 12.0. The van der Waals surface area contributed by atoms with Crippen LogP contribution >= 0.6 is 0 Å². The molecule has 22 heavy (non-hydrogen) atoms. The maximum atomic E-state index is 12.0. The third kappa shape index (κ3) is 2.87. The smallest absolute Gasteiger partial charge is 0.398 e. The van der Waals surface area contributed by atoms with E-state index in [1.165, 1.54) is 0 Å². The van der Waals surface area contributed by atoms with Crippen molar-refractivity contribution in [1.82, 2.24) is 4.98 Å². The molecule has 8 heteroatoms. The first-order valence-electron chi connectivity index (χ1n) is 7.44. The van der Waals surface area contributed by atoms with Crippen LogP contribution in [0.15, 0.2) is 18.3 Å². The van der Waals surface area contributed by atoms with Gasteiger partial charge in [0.15, 0.2) is 0 Å². The predicted molar refractivity (Wildman–Crippen MR) is 85.5 cm³/mol. The Balaban J connectivity index is 1.80. The molecule has 0 bridgehead atoms. The highest BCUT2D eigenvalue weighted by Crippen LogP contribution is 2.36. The molecule has 1 saturated carbocycles. The lowest BCUT2D eigenvalue weighted by Gasteiger charge is -2.32. The summed E-state index contributed by atoms with van der Waals surface area (Å²) in [6.07, 6.45) is 3.01. The molecular weight excluding hydrogens is 303 g/mol. The Bertz CT molecular complexity index is 670. The van der Waals surface area contributed by atoms with E-state index in [0.29, 0.717) is 11.3 Å². The maximum Gasteiger partial charge on any atom is 0.514 e. The summed E-state index contributed by atoms with van der Waals surface area (Å²) in [5, 5.41) is -0.263. The molecular formula is C14H21BN2O4S. The van der Waals surface area contributed by atoms with E-state index < -0.39 is 28.3 Å². The average Bonchev–Trinajstić information content (AvgIpc) is 3.18. The van der Waals surface area contributed by atoms with E-state index in [1.54, 1.807) is 18.3 Å². The van der Waals surface area contributed by atoms with Crippen molar-refractivity contribution in [2.75, 3.05) is 4.72 Å². The van der Waals surface area contributed by atoms with Gasteiger partial charge in [-0.15, -0.1) is 0 Å². The van der Waals surface area contributed by atoms with Gasteiger partial charge in [-0.2, -0.15) is 0 Å². The lowest BCUT2D eigenvalue weighted by atomic mass is 9.84. The van der Waals surface area contributed by atoms with Crippen LogP contribution in [0.1, 0.15) is 40.5 Å². The minimum Gasteiger partial charge on any atom is -0.398 e. The van der Waals surface area contributed by atoms with E-state index in [-0.39, 0.29) is 5.25 Å². The molecule has 3 rings (SSSR count). The summed E-state index contributed by atoms with van der Waals surface area (Å²) in [5.74, 6) is 0. The first-order chi connectivity index (χ1) is 10.1. The Hall–Kier alpha value is -1.12. The van der Waals surface area contributed by atoms with E-state index in [1.807, 2.05) is 27.7 Å². The number of sulfonamides is 1. The second-order valence-electron chi connectivity index (χ2n) is 6.90. The Morgan fingerprint density at radius 3 is 2.36 bits per heavy atom. The first kappa shape index (κ1) is 15.8. The van der Waals surface area contributed by atoms with E-state index in [2.05, 4.69) is 9.71 Å². The fraction of sp³-hybridized carbons (Fsp3) is 0.643. The standard InChI is InChI=1S/C14H21BN2O4S/c1-13(2)14(3,4)21-15(20-13)12-9-10(7-8-16-12)17-22(18,19)11-5-6-11/h7-9,11H,5-6H2,1-4H3,(H,16,17). The highest BCUT2D eigenvalue weighted by molar-refractivity contribution is 7.93. The number of nitrogens with zero attached hydrogens (tertiary/aromatic N) is 1. The molecule has 0 atom stereocenters. The van der Waals surface area contributed by atoms with Crippen LogP contribution in [0.5, 0.6) is 0 Å². The van der Waals surface area contributed by atoms with E-state index in [0.717, 1.165) is 12.8 Å². The largest absolute Gasteiger partial charge is 0.514 e. The normalized spacial score (nSPS) is 23.5. The molecule has 0 aromatic carbocycles. The number of anilines is 1. The Labute approximate surface area is 131 Å². The summed E-state index contributed by atoms with van der Waals surface area (Å²) in [4.78, 5) is 4.26. The summed E-state index contributed by atoms with van der Waals surface area (Å²) in [6.45, 7) is 7.86. The van der Waals surface area contributed by atoms with Crippen molar-refractivity contribution in [2.45, 2.75) is 57.0 Å². The zero-order valence-electron chi connectivity index (χ0n) is 13.3. The van der Waals surface area contributed by atoms with E-state index >= 15 is 0 Å². The van der Waals surface area contributed by atoms with Gasteiger partial charge in [-0.3, -0.25) is 9.71 Å². The summed E-state index contributed by atoms with van der Waals surface area (Å²) >= 11 is 0. The molecule has 2 aliphatic rings. The molecule has 0 radical (unpaired) electrons. The molecule has 1 aliphatic heterocycles. The number of hydrogen-bond acceptors (Lipinski definition) is 5. The van der Waals surface area contributed by atoms with Crippen LogP contribution in [0.3, 0.4) is 0 Å². The molecule has 0 spiro atoms. The summed E-state index contributed by atoms with van der Waals surface area (Å²) in [6, 6.07) is 3.30. The second-order valence-corrected chi connectivity index (χ2v) is 8.86. The van der Waals surface area contributed by atoms with Gasteiger partial charge < -0.3 is 9.31 Å². The quantitative estimate of drug-likeness (QED) is 0.845. The lowest BCUT2D eigenvalue weighted by Crippen LogP contribution is -2.41. The van der Waals surface area contributed by atoms with Crippen molar-refractivity contribution in [3.8, 4) is 0 Å². The molecule has 6 nitrogen and oxygen atoms in total. The minimum absolute atomic E-state index is 0.263. The highest BCUT2D eigenvalue weighted by atomic mass is 32.2. The number of hydrogen-bond donors (Lipinski definition) is 1. The fourth-order valence-corrected chi connectivity index (χ4v) is 3.61. The van der Waals surface area contributed by atoms with Crippen LogP contribution in [0.2, 0.25) is 0 Å². The van der Waals surface area contributed by atoms with Crippen molar-refractivity contribution in [1.29, 1.82) is 0 Å². The van der Waals surface area contributed by atoms with Crippen LogP contribution in [-0.2, 0) is 19.3 Å². The van der Waals surface area contributed by atoms with Crippen LogP contribution in [0, 0.1) is 0 Å². The third-order valence-corrected chi connectivity index (χ3v) is 6.37. The Morgan fingerprint density at radius 2 is 1.82 bits per heavy atom. The molecule has 2 heterocycles. The van der Waals surface area contributed by atoms with Crippen molar-refractivity contribution < 1.29 is 17.7 Å². The number of rotatable bonds is 4. The number of aromatic nitrogens is 1. The van der Waals surface area contributed by atoms with Crippen LogP contribution in [0.25, 0.3) is 0 Å². The Morgan fingerprint density at radius 1 is 1.23 bits per heavy atom. The minimum atomic E-state index is -3.29. The molecule has 0 unspecified atom stereocenters. The van der Waals surface area contributed by atoms with Crippen molar-refractivity contribution in [3.05, 3.63) is 18.3 Å². The van der Waals surface area contributed by atoms with Gasteiger partial charge >= 0.3 is 7.12 Å². The first-order valence-corrected chi connectivity index (χ1v) is 8.99. The number of nitrogens with one attached hydrogen (secondary N) is 1. The van der Waals surface area contributed by atoms with Crippen LogP contribution in [0.4, 0.5) is 5.69 Å². The summed E-state index contributed by atoms with van der Waals surface area (Å²) in [5.41, 5.74) is 0.146. The second kappa shape index (κ2) is 4.94. The fourth-order valence-electron chi connectivity index (χ4n) is 2.23. The molecule has 2 fully saturated rings. The van der Waals surface area contributed by atoms with Gasteiger partial charge in [-0.1, -0.05) is 0 Å². The summed E-state index contributed by atoms with van der Waals surface area (Å²) < 4.78 is 38.5. The van der Waals surface area contributed by atoms with Gasteiger partial charge in [0.2, 0.25) is 10.0 Å². The van der Waals surface area contributed by atoms with Crippen molar-refractivity contribution in [3.63, 3.8) is 0 Å². The highest BCUT2D eigenvalue weighted by Gasteiger charge is 2.52. The molecule has 1 aromatic heterocycles. The van der Waals surface area contributed by atoms with Gasteiger partial charge in [-0.05, 0) is 52.7 Å². The van der Waals surface area contributed by atoms with Gasteiger partial charge in [0.25, 0.3) is 0 Å². The van der Waals surface area contributed by atoms with E-state index in [9.17, 15) is 8.42 Å². The topological polar surface area (TPSA) is 77.5 Å². The SMILES string of the molecule is CC1(C)OB(c2cc(NS(=O)(=O)C3CC3)ccn2)OC1(C)C. The average molecular weight is 324 g/mol. The molecule has 0 amide bonds. The van der Waals surface area contributed by atoms with Crippen LogP contribution in [-0.4, -0.2) is 37.0 Å². The molecule has 1 aliphatic carbocycles. The van der Waals surface area contributed by atoms with Crippen LogP contribution < -0.4 is 10.3 Å². The van der Waals surface area contributed by atoms with Crippen molar-refractivity contribution in [2.24, 2.45) is 0 Å². The van der Waals surface area contributed by atoms with Gasteiger partial charge in [-0.25, -0.2) is 8.42 Å². The van der Waals surface area contributed by atoms with Gasteiger partial charge in [0, 0.05) is 6.20 Å². The zero-order chi connectivity index (χ0) is 16.2. The van der Waals surface area contributed by atoms with Crippen molar-refractivity contribution >= 4 is 28.4 Å². The lowest BCUT2D eigenvalue weighted by molar-refractivity contribution is 0.00578. The molecule has 1 aromatic rings. The molecule has 1 N–H and O–H groups in total. The van der Waals surface area contributed by atoms with E-state index in [4.69, 9.17) is 9.31 Å². The predicted octanol–water partition coefficient (Wildman–Crippen LogP) is 1.28. The number of pyridine rings is 1. The van der Waals surface area contributed by atoms with Gasteiger partial charge in [0.1, 0.15) is 0 Å². The molecule has 1 saturated heterocycles. The van der Waals surface area contributed by atoms with Gasteiger partial charge in [0.05, 0.1) is 27.7 Å². The monoisotopic (exact) mass is 324 g/mol. The third-order valence-electron chi connectivity index (χ3n) is 4.50. The zero-order valence-corrected chi connectivity index (χ0v) is 14.1.